The molecule has 4 amide bonds. The van der Waals surface area contributed by atoms with E-state index in [0.29, 0.717) is 12.3 Å². The molecule has 1 aromatic rings. The van der Waals surface area contributed by atoms with Crippen molar-refractivity contribution in [2.45, 2.75) is 32.2 Å². The Labute approximate surface area is 141 Å². The van der Waals surface area contributed by atoms with E-state index in [0.717, 1.165) is 16.9 Å². The molecule has 1 aliphatic rings. The summed E-state index contributed by atoms with van der Waals surface area (Å²) in [6, 6.07) is 6.78. The third kappa shape index (κ3) is 3.67. The second kappa shape index (κ2) is 7.33. The molecule has 7 heteroatoms. The van der Waals surface area contributed by atoms with Crippen molar-refractivity contribution in [2.24, 2.45) is 0 Å². The lowest BCUT2D eigenvalue weighted by Crippen LogP contribution is -2.47. The molecule has 0 bridgehead atoms. The SMILES string of the molecule is CCCNC(=O)CN1C(=O)N[C@@](C)(Cc2ccccc2OC)C1=O. The summed E-state index contributed by atoms with van der Waals surface area (Å²) in [4.78, 5) is 37.6. The molecule has 0 radical (unpaired) electrons. The van der Waals surface area contributed by atoms with Gasteiger partial charge in [-0.3, -0.25) is 14.5 Å². The molecule has 130 valence electrons. The van der Waals surface area contributed by atoms with Crippen molar-refractivity contribution in [2.75, 3.05) is 20.2 Å². The van der Waals surface area contributed by atoms with Crippen molar-refractivity contribution in [3.63, 3.8) is 0 Å². The first-order valence-corrected chi connectivity index (χ1v) is 7.94. The van der Waals surface area contributed by atoms with Crippen LogP contribution in [0, 0.1) is 0 Å². The smallest absolute Gasteiger partial charge is 0.325 e. The molecular weight excluding hydrogens is 310 g/mol. The van der Waals surface area contributed by atoms with Crippen molar-refractivity contribution in [3.05, 3.63) is 29.8 Å². The van der Waals surface area contributed by atoms with Gasteiger partial charge in [0.15, 0.2) is 0 Å². The summed E-state index contributed by atoms with van der Waals surface area (Å²) in [7, 11) is 1.56. The molecule has 0 unspecified atom stereocenters. The maximum Gasteiger partial charge on any atom is 0.325 e. The summed E-state index contributed by atoms with van der Waals surface area (Å²) in [5.74, 6) is -0.105. The van der Waals surface area contributed by atoms with Crippen LogP contribution in [0.1, 0.15) is 25.8 Å². The zero-order chi connectivity index (χ0) is 17.7. The van der Waals surface area contributed by atoms with Gasteiger partial charge in [0, 0.05) is 13.0 Å². The van der Waals surface area contributed by atoms with Crippen molar-refractivity contribution >= 4 is 17.8 Å². The number of ether oxygens (including phenoxy) is 1. The summed E-state index contributed by atoms with van der Waals surface area (Å²) in [6.45, 7) is 3.83. The molecule has 2 rings (SSSR count). The molecule has 0 saturated carbocycles. The minimum atomic E-state index is -1.10. The Kier molecular flexibility index (Phi) is 5.43. The van der Waals surface area contributed by atoms with Gasteiger partial charge in [-0.25, -0.2) is 4.79 Å². The maximum atomic E-state index is 12.7. The van der Waals surface area contributed by atoms with E-state index in [9.17, 15) is 14.4 Å². The van der Waals surface area contributed by atoms with E-state index in [2.05, 4.69) is 10.6 Å². The van der Waals surface area contributed by atoms with E-state index in [4.69, 9.17) is 4.74 Å². The molecule has 0 aromatic heterocycles. The van der Waals surface area contributed by atoms with Crippen LogP contribution in [0.4, 0.5) is 4.79 Å². The fraction of sp³-hybridized carbons (Fsp3) is 0.471. The molecule has 1 fully saturated rings. The normalized spacial score (nSPS) is 20.0. The topological polar surface area (TPSA) is 87.7 Å². The van der Waals surface area contributed by atoms with Crippen LogP contribution in [0.5, 0.6) is 5.75 Å². The number of benzene rings is 1. The Bertz CT molecular complexity index is 646. The van der Waals surface area contributed by atoms with E-state index in [1.165, 1.54) is 0 Å². The van der Waals surface area contributed by atoms with Crippen molar-refractivity contribution in [3.8, 4) is 5.75 Å². The van der Waals surface area contributed by atoms with Crippen LogP contribution in [-0.2, 0) is 16.0 Å². The number of amides is 4. The number of hydrogen-bond donors (Lipinski definition) is 2. The van der Waals surface area contributed by atoms with Gasteiger partial charge in [-0.1, -0.05) is 25.1 Å². The van der Waals surface area contributed by atoms with Crippen LogP contribution >= 0.6 is 0 Å². The molecule has 0 spiro atoms. The van der Waals surface area contributed by atoms with Crippen LogP contribution in [0.3, 0.4) is 0 Å². The summed E-state index contributed by atoms with van der Waals surface area (Å²) in [5, 5.41) is 5.36. The molecule has 1 atom stereocenters. The van der Waals surface area contributed by atoms with Crippen LogP contribution < -0.4 is 15.4 Å². The van der Waals surface area contributed by atoms with Gasteiger partial charge in [0.05, 0.1) is 7.11 Å². The predicted octanol–water partition coefficient (Wildman–Crippen LogP) is 1.07. The molecule has 0 aliphatic carbocycles. The fourth-order valence-electron chi connectivity index (χ4n) is 2.70. The van der Waals surface area contributed by atoms with Gasteiger partial charge in [-0.15, -0.1) is 0 Å². The average Bonchev–Trinajstić information content (AvgIpc) is 2.76. The lowest BCUT2D eigenvalue weighted by Gasteiger charge is -2.22. The molecule has 2 N–H and O–H groups in total. The number of carbonyl (C=O) groups excluding carboxylic acids is 3. The van der Waals surface area contributed by atoms with Crippen LogP contribution in [0.25, 0.3) is 0 Å². The lowest BCUT2D eigenvalue weighted by molar-refractivity contribution is -0.134. The van der Waals surface area contributed by atoms with Gasteiger partial charge in [-0.05, 0) is 25.0 Å². The number of carbonyl (C=O) groups is 3. The number of urea groups is 1. The largest absolute Gasteiger partial charge is 0.496 e. The highest BCUT2D eigenvalue weighted by Crippen LogP contribution is 2.27. The minimum Gasteiger partial charge on any atom is -0.496 e. The summed E-state index contributed by atoms with van der Waals surface area (Å²) in [6.07, 6.45) is 1.08. The first-order valence-electron chi connectivity index (χ1n) is 7.94. The van der Waals surface area contributed by atoms with Gasteiger partial charge in [0.1, 0.15) is 17.8 Å². The molecule has 7 nitrogen and oxygen atoms in total. The van der Waals surface area contributed by atoms with E-state index in [-0.39, 0.29) is 18.9 Å². The predicted molar refractivity (Wildman–Crippen MR) is 88.6 cm³/mol. The Balaban J connectivity index is 2.12. The number of rotatable bonds is 7. The molecule has 1 aromatic carbocycles. The fourth-order valence-corrected chi connectivity index (χ4v) is 2.70. The number of para-hydroxylation sites is 1. The first-order chi connectivity index (χ1) is 11.4. The molecule has 1 aliphatic heterocycles. The van der Waals surface area contributed by atoms with Gasteiger partial charge in [0.25, 0.3) is 5.91 Å². The van der Waals surface area contributed by atoms with E-state index >= 15 is 0 Å². The standard InChI is InChI=1S/C17H23N3O4/c1-4-9-18-14(21)11-20-15(22)17(2,19-16(20)23)10-12-7-5-6-8-13(12)24-3/h5-8H,4,9-11H2,1-3H3,(H,18,21)(H,19,23)/t17-/m0/s1. The van der Waals surface area contributed by atoms with Gasteiger partial charge >= 0.3 is 6.03 Å². The average molecular weight is 333 g/mol. The third-order valence-electron chi connectivity index (χ3n) is 3.96. The van der Waals surface area contributed by atoms with Crippen LogP contribution in [0.15, 0.2) is 24.3 Å². The van der Waals surface area contributed by atoms with Crippen LogP contribution in [-0.4, -0.2) is 48.5 Å². The molecule has 1 heterocycles. The Morgan fingerprint density at radius 2 is 2.04 bits per heavy atom. The summed E-state index contributed by atoms with van der Waals surface area (Å²) >= 11 is 0. The second-order valence-corrected chi connectivity index (χ2v) is 5.99. The molecule has 24 heavy (non-hydrogen) atoms. The lowest BCUT2D eigenvalue weighted by atomic mass is 9.92. The third-order valence-corrected chi connectivity index (χ3v) is 3.96. The monoisotopic (exact) mass is 333 g/mol. The first kappa shape index (κ1) is 17.8. The summed E-state index contributed by atoms with van der Waals surface area (Å²) in [5.41, 5.74) is -0.287. The molecular formula is C17H23N3O4. The number of imide groups is 1. The summed E-state index contributed by atoms with van der Waals surface area (Å²) < 4.78 is 5.30. The van der Waals surface area contributed by atoms with E-state index in [1.807, 2.05) is 25.1 Å². The van der Waals surface area contributed by atoms with Gasteiger partial charge < -0.3 is 15.4 Å². The number of nitrogens with zero attached hydrogens (tertiary/aromatic N) is 1. The maximum absolute atomic E-state index is 12.7. The molecule has 1 saturated heterocycles. The number of hydrogen-bond acceptors (Lipinski definition) is 4. The zero-order valence-corrected chi connectivity index (χ0v) is 14.2. The zero-order valence-electron chi connectivity index (χ0n) is 14.2. The van der Waals surface area contributed by atoms with Crippen LogP contribution in [0.2, 0.25) is 0 Å². The highest BCUT2D eigenvalue weighted by atomic mass is 16.5. The van der Waals surface area contributed by atoms with E-state index < -0.39 is 17.5 Å². The van der Waals surface area contributed by atoms with Crippen molar-refractivity contribution < 1.29 is 19.1 Å². The van der Waals surface area contributed by atoms with Crippen molar-refractivity contribution in [1.29, 1.82) is 0 Å². The highest BCUT2D eigenvalue weighted by Gasteiger charge is 2.48. The number of nitrogens with one attached hydrogen (secondary N) is 2. The van der Waals surface area contributed by atoms with Gasteiger partial charge in [0.2, 0.25) is 5.91 Å². The quantitative estimate of drug-likeness (QED) is 0.731. The Morgan fingerprint density at radius 1 is 1.33 bits per heavy atom. The number of methoxy groups -OCH3 is 1. The highest BCUT2D eigenvalue weighted by molar-refractivity contribution is 6.09. The Morgan fingerprint density at radius 3 is 2.71 bits per heavy atom. The van der Waals surface area contributed by atoms with E-state index in [1.54, 1.807) is 20.1 Å². The Hall–Kier alpha value is -2.57. The second-order valence-electron chi connectivity index (χ2n) is 5.99. The van der Waals surface area contributed by atoms with Gasteiger partial charge in [-0.2, -0.15) is 0 Å². The minimum absolute atomic E-state index is 0.272. The van der Waals surface area contributed by atoms with Crippen molar-refractivity contribution in [1.82, 2.24) is 15.5 Å².